The third-order valence-corrected chi connectivity index (χ3v) is 6.46. The Balaban J connectivity index is 1.85. The van der Waals surface area contributed by atoms with Gasteiger partial charge in [-0.2, -0.15) is 0 Å². The zero-order valence-electron chi connectivity index (χ0n) is 14.1. The van der Waals surface area contributed by atoms with E-state index in [0.29, 0.717) is 15.8 Å². The second-order valence-electron chi connectivity index (χ2n) is 5.98. The van der Waals surface area contributed by atoms with E-state index in [1.165, 1.54) is 23.5 Å². The number of carboxylic acid groups (broad SMARTS) is 1. The Bertz CT molecular complexity index is 1150. The lowest BCUT2D eigenvalue weighted by Crippen LogP contribution is -2.18. The molecule has 28 heavy (non-hydrogen) atoms. The van der Waals surface area contributed by atoms with Crippen LogP contribution in [0.15, 0.2) is 47.5 Å². The topological polar surface area (TPSA) is 105 Å². The number of benzene rings is 2. The van der Waals surface area contributed by atoms with E-state index < -0.39 is 16.9 Å². The molecule has 1 aliphatic heterocycles. The fraction of sp³-hybridized carbons (Fsp3) is 0.111. The number of nitrogens with one attached hydrogen (secondary N) is 1. The van der Waals surface area contributed by atoms with Crippen LogP contribution in [0.2, 0.25) is 5.02 Å². The SMILES string of the molecule is O=C(O)CSC1=NC(c2cccc([N+](=O)[O-])c2)c2sc3ccc(Cl)cc3c2N1. The number of hydrogen-bond acceptors (Lipinski definition) is 7. The van der Waals surface area contributed by atoms with E-state index in [4.69, 9.17) is 16.7 Å². The van der Waals surface area contributed by atoms with E-state index in [0.717, 1.165) is 32.4 Å². The molecule has 0 bridgehead atoms. The Hall–Kier alpha value is -2.62. The number of hydrogen-bond donors (Lipinski definition) is 2. The fourth-order valence-electron chi connectivity index (χ4n) is 2.96. The highest BCUT2D eigenvalue weighted by molar-refractivity contribution is 8.14. The first-order valence-corrected chi connectivity index (χ1v) is 10.3. The number of thioether (sulfide) groups is 1. The van der Waals surface area contributed by atoms with Crippen molar-refractivity contribution in [3.63, 3.8) is 0 Å². The molecule has 0 spiro atoms. The zero-order chi connectivity index (χ0) is 19.8. The number of carboxylic acids is 1. The lowest BCUT2D eigenvalue weighted by molar-refractivity contribution is -0.384. The maximum Gasteiger partial charge on any atom is 0.313 e. The Morgan fingerprint density at radius 2 is 2.18 bits per heavy atom. The predicted octanol–water partition coefficient (Wildman–Crippen LogP) is 5.15. The molecule has 1 aliphatic rings. The number of nitro groups is 1. The molecule has 2 aromatic carbocycles. The van der Waals surface area contributed by atoms with Crippen molar-refractivity contribution < 1.29 is 14.8 Å². The molecule has 0 amide bonds. The van der Waals surface area contributed by atoms with Crippen molar-refractivity contribution in [1.82, 2.24) is 0 Å². The second-order valence-corrected chi connectivity index (χ2v) is 8.46. The molecule has 0 saturated heterocycles. The number of thiophene rings is 1. The molecule has 0 aliphatic carbocycles. The van der Waals surface area contributed by atoms with Crippen LogP contribution in [0.25, 0.3) is 10.1 Å². The van der Waals surface area contributed by atoms with Crippen LogP contribution in [0.4, 0.5) is 11.4 Å². The monoisotopic (exact) mass is 433 g/mol. The highest BCUT2D eigenvalue weighted by Crippen LogP contribution is 2.47. The standard InChI is InChI=1S/C18H12ClN3O4S2/c19-10-4-5-13-12(7-10)16-17(28-13)15(20-18(21-16)27-8-14(23)24)9-2-1-3-11(6-9)22(25)26/h1-7,15H,8H2,(H,20,21)(H,23,24). The van der Waals surface area contributed by atoms with Crippen LogP contribution in [0.5, 0.6) is 0 Å². The summed E-state index contributed by atoms with van der Waals surface area (Å²) in [6.45, 7) is 0. The summed E-state index contributed by atoms with van der Waals surface area (Å²) in [5.41, 5.74) is 1.46. The maximum absolute atomic E-state index is 11.2. The lowest BCUT2D eigenvalue weighted by atomic mass is 10.0. The van der Waals surface area contributed by atoms with Crippen LogP contribution in [0, 0.1) is 10.1 Å². The smallest absolute Gasteiger partial charge is 0.313 e. The van der Waals surface area contributed by atoms with Gasteiger partial charge in [0.2, 0.25) is 0 Å². The van der Waals surface area contributed by atoms with Crippen molar-refractivity contribution in [3.05, 3.63) is 68.0 Å². The maximum atomic E-state index is 11.2. The van der Waals surface area contributed by atoms with Gasteiger partial charge in [-0.05, 0) is 23.8 Å². The van der Waals surface area contributed by atoms with Crippen LogP contribution >= 0.6 is 34.7 Å². The summed E-state index contributed by atoms with van der Waals surface area (Å²) in [7, 11) is 0. The summed E-state index contributed by atoms with van der Waals surface area (Å²) in [4.78, 5) is 27.2. The summed E-state index contributed by atoms with van der Waals surface area (Å²) in [5.74, 6) is -1.10. The van der Waals surface area contributed by atoms with Crippen LogP contribution in [-0.4, -0.2) is 26.9 Å². The molecular formula is C18H12ClN3O4S2. The van der Waals surface area contributed by atoms with Gasteiger partial charge in [-0.1, -0.05) is 35.5 Å². The van der Waals surface area contributed by atoms with E-state index in [-0.39, 0.29) is 11.4 Å². The number of nitrogens with zero attached hydrogens (tertiary/aromatic N) is 2. The normalized spacial score (nSPS) is 15.6. The van der Waals surface area contributed by atoms with Gasteiger partial charge in [0.05, 0.1) is 21.2 Å². The minimum atomic E-state index is -0.953. The molecule has 142 valence electrons. The summed E-state index contributed by atoms with van der Waals surface area (Å²) >= 11 is 8.75. The van der Waals surface area contributed by atoms with Gasteiger partial charge < -0.3 is 10.4 Å². The summed E-state index contributed by atoms with van der Waals surface area (Å²) in [6.07, 6.45) is 0. The summed E-state index contributed by atoms with van der Waals surface area (Å²) in [6, 6.07) is 11.4. The molecule has 1 unspecified atom stereocenters. The number of rotatable bonds is 4. The van der Waals surface area contributed by atoms with Crippen molar-refractivity contribution in [2.75, 3.05) is 11.1 Å². The first-order chi connectivity index (χ1) is 13.4. The minimum Gasteiger partial charge on any atom is -0.481 e. The molecule has 4 rings (SSSR count). The van der Waals surface area contributed by atoms with Crippen LogP contribution in [0.1, 0.15) is 16.5 Å². The number of halogens is 1. The molecule has 1 atom stereocenters. The third-order valence-electron chi connectivity index (χ3n) is 4.13. The van der Waals surface area contributed by atoms with Crippen LogP contribution in [-0.2, 0) is 4.79 Å². The summed E-state index contributed by atoms with van der Waals surface area (Å²) in [5, 5.41) is 25.3. The van der Waals surface area contributed by atoms with Crippen molar-refractivity contribution in [1.29, 1.82) is 0 Å². The quantitative estimate of drug-likeness (QED) is 0.435. The van der Waals surface area contributed by atoms with Gasteiger partial charge in [-0.15, -0.1) is 11.3 Å². The third kappa shape index (κ3) is 3.56. The fourth-order valence-corrected chi connectivity index (χ4v) is 4.96. The van der Waals surface area contributed by atoms with Gasteiger partial charge in [-0.3, -0.25) is 14.9 Å². The van der Waals surface area contributed by atoms with Crippen molar-refractivity contribution >= 4 is 67.3 Å². The lowest BCUT2D eigenvalue weighted by Gasteiger charge is -2.22. The van der Waals surface area contributed by atoms with Crippen molar-refractivity contribution in [3.8, 4) is 0 Å². The number of anilines is 1. The number of aliphatic carboxylic acids is 1. The molecule has 3 aromatic rings. The number of non-ortho nitro benzene ring substituents is 1. The molecule has 2 N–H and O–H groups in total. The van der Waals surface area contributed by atoms with Gasteiger partial charge in [0.25, 0.3) is 5.69 Å². The van der Waals surface area contributed by atoms with Crippen LogP contribution in [0.3, 0.4) is 0 Å². The van der Waals surface area contributed by atoms with Gasteiger partial charge in [0.15, 0.2) is 5.17 Å². The Labute approximate surface area is 172 Å². The van der Waals surface area contributed by atoms with Gasteiger partial charge in [-0.25, -0.2) is 4.99 Å². The molecule has 7 nitrogen and oxygen atoms in total. The average Bonchev–Trinajstić information content (AvgIpc) is 3.03. The summed E-state index contributed by atoms with van der Waals surface area (Å²) < 4.78 is 0.997. The Morgan fingerprint density at radius 1 is 1.36 bits per heavy atom. The van der Waals surface area contributed by atoms with E-state index in [2.05, 4.69) is 10.3 Å². The first-order valence-electron chi connectivity index (χ1n) is 8.08. The first kappa shape index (κ1) is 18.7. The Kier molecular flexibility index (Phi) is 4.96. The number of carbonyl (C=O) groups is 1. The molecule has 0 saturated carbocycles. The van der Waals surface area contributed by atoms with Crippen molar-refractivity contribution in [2.24, 2.45) is 4.99 Å². The van der Waals surface area contributed by atoms with E-state index in [1.54, 1.807) is 18.2 Å². The number of nitro benzene ring substituents is 1. The predicted molar refractivity (Wildman–Crippen MR) is 113 cm³/mol. The Morgan fingerprint density at radius 3 is 2.93 bits per heavy atom. The number of aliphatic imine (C=N–C) groups is 1. The molecule has 0 fully saturated rings. The minimum absolute atomic E-state index is 0.0170. The molecule has 2 heterocycles. The highest BCUT2D eigenvalue weighted by Gasteiger charge is 2.28. The van der Waals surface area contributed by atoms with Crippen LogP contribution < -0.4 is 5.32 Å². The largest absolute Gasteiger partial charge is 0.481 e. The van der Waals surface area contributed by atoms with Gasteiger partial charge in [0.1, 0.15) is 6.04 Å². The number of amidine groups is 1. The molecule has 10 heteroatoms. The van der Waals surface area contributed by atoms with Crippen molar-refractivity contribution in [2.45, 2.75) is 6.04 Å². The average molecular weight is 434 g/mol. The zero-order valence-corrected chi connectivity index (χ0v) is 16.5. The van der Waals surface area contributed by atoms with Gasteiger partial charge in [0, 0.05) is 27.2 Å². The second kappa shape index (κ2) is 7.42. The molecule has 0 radical (unpaired) electrons. The molecular weight excluding hydrogens is 422 g/mol. The van der Waals surface area contributed by atoms with Gasteiger partial charge >= 0.3 is 5.97 Å². The highest BCUT2D eigenvalue weighted by atomic mass is 35.5. The molecule has 1 aromatic heterocycles. The number of fused-ring (bicyclic) bond motifs is 3. The van der Waals surface area contributed by atoms with E-state index in [1.807, 2.05) is 12.1 Å². The van der Waals surface area contributed by atoms with E-state index >= 15 is 0 Å². The van der Waals surface area contributed by atoms with E-state index in [9.17, 15) is 14.9 Å².